The third kappa shape index (κ3) is 4.57. The van der Waals surface area contributed by atoms with Crippen LogP contribution in [0, 0.1) is 5.82 Å². The quantitative estimate of drug-likeness (QED) is 0.877. The molecule has 3 rings (SSSR count). The van der Waals surface area contributed by atoms with E-state index < -0.39 is 0 Å². The van der Waals surface area contributed by atoms with E-state index in [2.05, 4.69) is 10.6 Å². The smallest absolute Gasteiger partial charge is 0.253 e. The molecule has 1 saturated heterocycles. The molecule has 0 aromatic heterocycles. The highest BCUT2D eigenvalue weighted by Gasteiger charge is 2.22. The standard InChI is InChI=1S/C20H24FN3O/c1-22-18-9-11-24(12-10-18)20(25)16-3-2-4-19(13-16)23-14-15-5-7-17(21)8-6-15/h2-8,13,18,22-23H,9-12,14H2,1H3. The first-order valence-corrected chi connectivity index (χ1v) is 8.70. The van der Waals surface area contributed by atoms with E-state index in [0.29, 0.717) is 18.2 Å². The van der Waals surface area contributed by atoms with E-state index in [9.17, 15) is 9.18 Å². The molecular weight excluding hydrogens is 317 g/mol. The third-order valence-electron chi connectivity index (χ3n) is 4.71. The summed E-state index contributed by atoms with van der Waals surface area (Å²) >= 11 is 0. The summed E-state index contributed by atoms with van der Waals surface area (Å²) in [5, 5.41) is 6.57. The lowest BCUT2D eigenvalue weighted by Crippen LogP contribution is -2.43. The van der Waals surface area contributed by atoms with Crippen LogP contribution in [0.15, 0.2) is 48.5 Å². The number of rotatable bonds is 5. The molecule has 0 atom stereocenters. The van der Waals surface area contributed by atoms with Crippen LogP contribution in [0.25, 0.3) is 0 Å². The maximum absolute atomic E-state index is 12.9. The summed E-state index contributed by atoms with van der Waals surface area (Å²) in [6.07, 6.45) is 1.98. The topological polar surface area (TPSA) is 44.4 Å². The van der Waals surface area contributed by atoms with Gasteiger partial charge in [0.15, 0.2) is 0 Å². The van der Waals surface area contributed by atoms with Gasteiger partial charge in [-0.2, -0.15) is 0 Å². The Morgan fingerprint density at radius 1 is 1.16 bits per heavy atom. The second-order valence-electron chi connectivity index (χ2n) is 6.42. The Hall–Kier alpha value is -2.40. The van der Waals surface area contributed by atoms with E-state index in [1.54, 1.807) is 12.1 Å². The van der Waals surface area contributed by atoms with Gasteiger partial charge < -0.3 is 15.5 Å². The van der Waals surface area contributed by atoms with Gasteiger partial charge in [0.1, 0.15) is 5.82 Å². The van der Waals surface area contributed by atoms with Crippen molar-refractivity contribution in [3.05, 3.63) is 65.5 Å². The molecule has 0 spiro atoms. The van der Waals surface area contributed by atoms with Crippen molar-refractivity contribution >= 4 is 11.6 Å². The number of halogens is 1. The summed E-state index contributed by atoms with van der Waals surface area (Å²) in [6.45, 7) is 2.17. The molecule has 1 amide bonds. The number of carbonyl (C=O) groups is 1. The summed E-state index contributed by atoms with van der Waals surface area (Å²) in [6, 6.07) is 14.5. The number of hydrogen-bond acceptors (Lipinski definition) is 3. The molecule has 1 heterocycles. The van der Waals surface area contributed by atoms with Gasteiger partial charge in [0, 0.05) is 36.9 Å². The molecule has 2 N–H and O–H groups in total. The van der Waals surface area contributed by atoms with Crippen molar-refractivity contribution < 1.29 is 9.18 Å². The summed E-state index contributed by atoms with van der Waals surface area (Å²) in [5.41, 5.74) is 2.58. The summed E-state index contributed by atoms with van der Waals surface area (Å²) in [7, 11) is 1.97. The Morgan fingerprint density at radius 3 is 2.56 bits per heavy atom. The highest BCUT2D eigenvalue weighted by Crippen LogP contribution is 2.17. The number of amides is 1. The fourth-order valence-corrected chi connectivity index (χ4v) is 3.12. The molecule has 0 saturated carbocycles. The Morgan fingerprint density at radius 2 is 1.88 bits per heavy atom. The van der Waals surface area contributed by atoms with Gasteiger partial charge in [-0.3, -0.25) is 4.79 Å². The van der Waals surface area contributed by atoms with Crippen LogP contribution in [-0.2, 0) is 6.54 Å². The molecular formula is C20H24FN3O. The molecule has 1 aliphatic rings. The molecule has 2 aromatic carbocycles. The maximum Gasteiger partial charge on any atom is 0.253 e. The number of carbonyl (C=O) groups excluding carboxylic acids is 1. The fourth-order valence-electron chi connectivity index (χ4n) is 3.12. The Labute approximate surface area is 148 Å². The molecule has 4 nitrogen and oxygen atoms in total. The lowest BCUT2D eigenvalue weighted by Gasteiger charge is -2.32. The Bertz CT molecular complexity index is 709. The lowest BCUT2D eigenvalue weighted by atomic mass is 10.0. The summed E-state index contributed by atoms with van der Waals surface area (Å²) in [5.74, 6) is -0.154. The molecule has 0 unspecified atom stereocenters. The Kier molecular flexibility index (Phi) is 5.66. The minimum atomic E-state index is -0.238. The van der Waals surface area contributed by atoms with Gasteiger partial charge in [-0.15, -0.1) is 0 Å². The average Bonchev–Trinajstić information content (AvgIpc) is 2.67. The molecule has 0 aliphatic carbocycles. The van der Waals surface area contributed by atoms with Gasteiger partial charge in [0.2, 0.25) is 0 Å². The molecule has 0 radical (unpaired) electrons. The lowest BCUT2D eigenvalue weighted by molar-refractivity contribution is 0.0707. The molecule has 1 fully saturated rings. The van der Waals surface area contributed by atoms with Crippen molar-refractivity contribution in [3.63, 3.8) is 0 Å². The number of anilines is 1. The average molecular weight is 341 g/mol. The largest absolute Gasteiger partial charge is 0.381 e. The zero-order chi connectivity index (χ0) is 17.6. The van der Waals surface area contributed by atoms with Gasteiger partial charge in [0.05, 0.1) is 0 Å². The first kappa shape index (κ1) is 17.4. The fraction of sp³-hybridized carbons (Fsp3) is 0.350. The highest BCUT2D eigenvalue weighted by atomic mass is 19.1. The predicted molar refractivity (Wildman–Crippen MR) is 98.2 cm³/mol. The molecule has 0 bridgehead atoms. The molecule has 132 valence electrons. The second-order valence-corrected chi connectivity index (χ2v) is 6.42. The van der Waals surface area contributed by atoms with Crippen LogP contribution in [0.4, 0.5) is 10.1 Å². The first-order valence-electron chi connectivity index (χ1n) is 8.70. The van der Waals surface area contributed by atoms with Gasteiger partial charge in [0.25, 0.3) is 5.91 Å². The Balaban J connectivity index is 1.61. The van der Waals surface area contributed by atoms with Gasteiger partial charge >= 0.3 is 0 Å². The zero-order valence-electron chi connectivity index (χ0n) is 14.5. The van der Waals surface area contributed by atoms with Crippen LogP contribution in [0.1, 0.15) is 28.8 Å². The monoisotopic (exact) mass is 341 g/mol. The number of nitrogens with zero attached hydrogens (tertiary/aromatic N) is 1. The van der Waals surface area contributed by atoms with Crippen molar-refractivity contribution in [2.24, 2.45) is 0 Å². The predicted octanol–water partition coefficient (Wildman–Crippen LogP) is 3.26. The van der Waals surface area contributed by atoms with Crippen LogP contribution in [0.5, 0.6) is 0 Å². The molecule has 1 aliphatic heterocycles. The van der Waals surface area contributed by atoms with Crippen molar-refractivity contribution in [1.82, 2.24) is 10.2 Å². The maximum atomic E-state index is 12.9. The second kappa shape index (κ2) is 8.12. The SMILES string of the molecule is CNC1CCN(C(=O)c2cccc(NCc3ccc(F)cc3)c2)CC1. The summed E-state index contributed by atoms with van der Waals surface area (Å²) in [4.78, 5) is 14.6. The van der Waals surface area contributed by atoms with E-state index in [1.165, 1.54) is 12.1 Å². The molecule has 2 aromatic rings. The number of hydrogen-bond donors (Lipinski definition) is 2. The molecule has 25 heavy (non-hydrogen) atoms. The third-order valence-corrected chi connectivity index (χ3v) is 4.71. The number of benzene rings is 2. The summed E-state index contributed by atoms with van der Waals surface area (Å²) < 4.78 is 12.9. The van der Waals surface area contributed by atoms with E-state index in [0.717, 1.165) is 37.2 Å². The van der Waals surface area contributed by atoms with E-state index in [4.69, 9.17) is 0 Å². The van der Waals surface area contributed by atoms with Gasteiger partial charge in [-0.05, 0) is 55.8 Å². The van der Waals surface area contributed by atoms with Crippen LogP contribution >= 0.6 is 0 Å². The number of piperidine rings is 1. The van der Waals surface area contributed by atoms with Crippen molar-refractivity contribution in [3.8, 4) is 0 Å². The van der Waals surface area contributed by atoms with Crippen LogP contribution < -0.4 is 10.6 Å². The van der Waals surface area contributed by atoms with Gasteiger partial charge in [-0.25, -0.2) is 4.39 Å². The number of nitrogens with one attached hydrogen (secondary N) is 2. The van der Waals surface area contributed by atoms with Crippen LogP contribution in [0.2, 0.25) is 0 Å². The van der Waals surface area contributed by atoms with Crippen LogP contribution in [-0.4, -0.2) is 37.0 Å². The zero-order valence-corrected chi connectivity index (χ0v) is 14.5. The van der Waals surface area contributed by atoms with Crippen molar-refractivity contribution in [1.29, 1.82) is 0 Å². The van der Waals surface area contributed by atoms with Crippen molar-refractivity contribution in [2.45, 2.75) is 25.4 Å². The van der Waals surface area contributed by atoms with E-state index in [1.807, 2.05) is 36.2 Å². The minimum absolute atomic E-state index is 0.0833. The molecule has 5 heteroatoms. The first-order chi connectivity index (χ1) is 12.2. The number of likely N-dealkylation sites (tertiary alicyclic amines) is 1. The normalized spacial score (nSPS) is 15.2. The van der Waals surface area contributed by atoms with E-state index >= 15 is 0 Å². The highest BCUT2D eigenvalue weighted by molar-refractivity contribution is 5.95. The van der Waals surface area contributed by atoms with Crippen molar-refractivity contribution in [2.75, 3.05) is 25.5 Å². The minimum Gasteiger partial charge on any atom is -0.381 e. The van der Waals surface area contributed by atoms with E-state index in [-0.39, 0.29) is 11.7 Å². The van der Waals surface area contributed by atoms with Crippen LogP contribution in [0.3, 0.4) is 0 Å². The van der Waals surface area contributed by atoms with Gasteiger partial charge in [-0.1, -0.05) is 18.2 Å².